The highest BCUT2D eigenvalue weighted by atomic mass is 19.4. The summed E-state index contributed by atoms with van der Waals surface area (Å²) in [5.74, 6) is -0.238. The van der Waals surface area contributed by atoms with Crippen molar-refractivity contribution >= 4 is 0 Å². The van der Waals surface area contributed by atoms with Gasteiger partial charge in [-0.3, -0.25) is 0 Å². The fourth-order valence-corrected chi connectivity index (χ4v) is 1.44. The van der Waals surface area contributed by atoms with Gasteiger partial charge in [0, 0.05) is 12.0 Å². The van der Waals surface area contributed by atoms with Gasteiger partial charge in [0.15, 0.2) is 0 Å². The number of aliphatic hydroxyl groups is 1. The molecule has 0 saturated heterocycles. The second-order valence-electron chi connectivity index (χ2n) is 3.96. The van der Waals surface area contributed by atoms with E-state index in [1.165, 1.54) is 12.1 Å². The number of benzene rings is 1. The van der Waals surface area contributed by atoms with Gasteiger partial charge in [-0.1, -0.05) is 11.6 Å². The van der Waals surface area contributed by atoms with Crippen LogP contribution in [0.15, 0.2) is 18.2 Å². The summed E-state index contributed by atoms with van der Waals surface area (Å²) in [7, 11) is 0. The third-order valence-electron chi connectivity index (χ3n) is 2.44. The minimum atomic E-state index is -4.56. The van der Waals surface area contributed by atoms with Gasteiger partial charge in [-0.15, -0.1) is 0 Å². The number of hydrogen-bond acceptors (Lipinski definition) is 3. The number of alkyl halides is 3. The molecule has 0 heterocycles. The third kappa shape index (κ3) is 3.61. The zero-order chi connectivity index (χ0) is 13.2. The van der Waals surface area contributed by atoms with Gasteiger partial charge >= 0.3 is 6.18 Å². The van der Waals surface area contributed by atoms with Crippen LogP contribution in [-0.2, 0) is 0 Å². The average molecular weight is 249 g/mol. The van der Waals surface area contributed by atoms with E-state index in [-0.39, 0.29) is 11.3 Å². The molecule has 0 unspecified atom stereocenters. The molecule has 0 aliphatic carbocycles. The van der Waals surface area contributed by atoms with Crippen molar-refractivity contribution in [1.29, 1.82) is 0 Å². The zero-order valence-electron chi connectivity index (χ0n) is 9.20. The van der Waals surface area contributed by atoms with Gasteiger partial charge in [-0.2, -0.15) is 13.2 Å². The maximum Gasteiger partial charge on any atom is 0.403 e. The summed E-state index contributed by atoms with van der Waals surface area (Å²) < 4.78 is 36.6. The summed E-state index contributed by atoms with van der Waals surface area (Å²) in [6, 6.07) is 2.24. The normalized spacial score (nSPS) is 15.6. The molecule has 3 nitrogen and oxygen atoms in total. The number of halogens is 3. The predicted octanol–water partition coefficient (Wildman–Crippen LogP) is 2.01. The van der Waals surface area contributed by atoms with Gasteiger partial charge in [0.05, 0.1) is 6.10 Å². The van der Waals surface area contributed by atoms with Crippen LogP contribution in [0, 0.1) is 6.92 Å². The first-order chi connectivity index (χ1) is 7.71. The van der Waals surface area contributed by atoms with Crippen LogP contribution in [0.25, 0.3) is 0 Å². The van der Waals surface area contributed by atoms with E-state index in [4.69, 9.17) is 5.73 Å². The zero-order valence-corrected chi connectivity index (χ0v) is 9.20. The van der Waals surface area contributed by atoms with Crippen LogP contribution < -0.4 is 5.73 Å². The Balaban J connectivity index is 2.83. The molecule has 0 fully saturated rings. The van der Waals surface area contributed by atoms with Crippen molar-refractivity contribution in [3.8, 4) is 5.75 Å². The van der Waals surface area contributed by atoms with Crippen LogP contribution in [0.3, 0.4) is 0 Å². The van der Waals surface area contributed by atoms with Crippen molar-refractivity contribution in [2.24, 2.45) is 5.73 Å². The van der Waals surface area contributed by atoms with E-state index in [1.807, 2.05) is 0 Å². The molecule has 0 aliphatic rings. The molecular weight excluding hydrogens is 235 g/mol. The Kier molecular flexibility index (Phi) is 4.00. The number of hydrogen-bond donors (Lipinski definition) is 3. The Hall–Kier alpha value is -1.27. The number of nitrogens with two attached hydrogens (primary N) is 1. The highest BCUT2D eigenvalue weighted by Gasteiger charge is 2.38. The van der Waals surface area contributed by atoms with E-state index < -0.39 is 24.7 Å². The standard InChI is InChI=1S/C11H14F3NO2/c1-6-2-3-8(16)7(4-6)9(17)5-10(15)11(12,13)14/h2-4,9-10,16-17H,5,15H2,1H3/t9-,10+/m0/s1. The molecule has 1 rings (SSSR count). The highest BCUT2D eigenvalue weighted by molar-refractivity contribution is 5.37. The quantitative estimate of drug-likeness (QED) is 0.767. The molecule has 0 aromatic heterocycles. The summed E-state index contributed by atoms with van der Waals surface area (Å²) in [5.41, 5.74) is 5.70. The first-order valence-corrected chi connectivity index (χ1v) is 5.01. The Morgan fingerprint density at radius 1 is 1.35 bits per heavy atom. The number of aliphatic hydroxyl groups excluding tert-OH is 1. The van der Waals surface area contributed by atoms with Crippen molar-refractivity contribution < 1.29 is 23.4 Å². The van der Waals surface area contributed by atoms with Gasteiger partial charge in [0.2, 0.25) is 0 Å². The minimum Gasteiger partial charge on any atom is -0.508 e. The van der Waals surface area contributed by atoms with E-state index in [9.17, 15) is 23.4 Å². The van der Waals surface area contributed by atoms with Crippen molar-refractivity contribution in [3.05, 3.63) is 29.3 Å². The van der Waals surface area contributed by atoms with E-state index >= 15 is 0 Å². The summed E-state index contributed by atoms with van der Waals surface area (Å²) in [6.45, 7) is 1.71. The number of rotatable bonds is 3. The molecule has 17 heavy (non-hydrogen) atoms. The molecule has 6 heteroatoms. The molecule has 2 atom stereocenters. The first-order valence-electron chi connectivity index (χ1n) is 5.01. The summed E-state index contributed by atoms with van der Waals surface area (Å²) >= 11 is 0. The fourth-order valence-electron chi connectivity index (χ4n) is 1.44. The van der Waals surface area contributed by atoms with Gasteiger partial charge < -0.3 is 15.9 Å². The predicted molar refractivity (Wildman–Crippen MR) is 56.5 cm³/mol. The monoisotopic (exact) mass is 249 g/mol. The van der Waals surface area contributed by atoms with Crippen LogP contribution in [0.4, 0.5) is 13.2 Å². The number of phenols is 1. The van der Waals surface area contributed by atoms with E-state index in [1.54, 1.807) is 13.0 Å². The molecule has 0 saturated carbocycles. The van der Waals surface area contributed by atoms with Gasteiger partial charge in [-0.25, -0.2) is 0 Å². The van der Waals surface area contributed by atoms with Crippen molar-refractivity contribution in [3.63, 3.8) is 0 Å². The largest absolute Gasteiger partial charge is 0.508 e. The lowest BCUT2D eigenvalue weighted by Gasteiger charge is -2.20. The molecule has 96 valence electrons. The molecule has 0 spiro atoms. The van der Waals surface area contributed by atoms with Gasteiger partial charge in [0.25, 0.3) is 0 Å². The topological polar surface area (TPSA) is 66.5 Å². The molecular formula is C11H14F3NO2. The number of aromatic hydroxyl groups is 1. The Morgan fingerprint density at radius 2 is 1.94 bits per heavy atom. The lowest BCUT2D eigenvalue weighted by Crippen LogP contribution is -2.38. The van der Waals surface area contributed by atoms with Gasteiger partial charge in [-0.05, 0) is 19.1 Å². The van der Waals surface area contributed by atoms with Crippen LogP contribution >= 0.6 is 0 Å². The molecule has 0 aliphatic heterocycles. The summed E-state index contributed by atoms with van der Waals surface area (Å²) in [5, 5.41) is 19.1. The van der Waals surface area contributed by atoms with E-state index in [0.717, 1.165) is 5.56 Å². The minimum absolute atomic E-state index is 0.0599. The van der Waals surface area contributed by atoms with Crippen molar-refractivity contribution in [1.82, 2.24) is 0 Å². The highest BCUT2D eigenvalue weighted by Crippen LogP contribution is 2.31. The van der Waals surface area contributed by atoms with Crippen LogP contribution in [0.5, 0.6) is 5.75 Å². The molecule has 0 bridgehead atoms. The van der Waals surface area contributed by atoms with Crippen LogP contribution in [-0.4, -0.2) is 22.4 Å². The SMILES string of the molecule is Cc1ccc(O)c([C@@H](O)C[C@@H](N)C(F)(F)F)c1. The molecule has 1 aromatic carbocycles. The van der Waals surface area contributed by atoms with Crippen LogP contribution in [0.1, 0.15) is 23.7 Å². The second-order valence-corrected chi connectivity index (χ2v) is 3.96. The molecule has 1 aromatic rings. The molecule has 0 amide bonds. The van der Waals surface area contributed by atoms with Crippen LogP contribution in [0.2, 0.25) is 0 Å². The second kappa shape index (κ2) is 4.93. The lowest BCUT2D eigenvalue weighted by atomic mass is 9.99. The van der Waals surface area contributed by atoms with E-state index in [2.05, 4.69) is 0 Å². The first kappa shape index (κ1) is 13.8. The summed E-state index contributed by atoms with van der Waals surface area (Å²) in [6.07, 6.45) is -6.67. The maximum atomic E-state index is 12.2. The van der Waals surface area contributed by atoms with Crippen molar-refractivity contribution in [2.75, 3.05) is 0 Å². The average Bonchev–Trinajstić information content (AvgIpc) is 2.20. The van der Waals surface area contributed by atoms with E-state index in [0.29, 0.717) is 0 Å². The summed E-state index contributed by atoms with van der Waals surface area (Å²) in [4.78, 5) is 0. The Labute approximate surface area is 96.7 Å². The third-order valence-corrected chi connectivity index (χ3v) is 2.44. The fraction of sp³-hybridized carbons (Fsp3) is 0.455. The van der Waals surface area contributed by atoms with Crippen molar-refractivity contribution in [2.45, 2.75) is 31.7 Å². The molecule has 0 radical (unpaired) electrons. The van der Waals surface area contributed by atoms with Gasteiger partial charge in [0.1, 0.15) is 11.8 Å². The molecule has 4 N–H and O–H groups in total. The smallest absolute Gasteiger partial charge is 0.403 e. The Bertz CT molecular complexity index is 393. The lowest BCUT2D eigenvalue weighted by molar-refractivity contribution is -0.153. The number of aryl methyl sites for hydroxylation is 1. The maximum absolute atomic E-state index is 12.2. The Morgan fingerprint density at radius 3 is 2.47 bits per heavy atom. The number of phenolic OH excluding ortho intramolecular Hbond substituents is 1.